The van der Waals surface area contributed by atoms with E-state index in [9.17, 15) is 14.3 Å². The van der Waals surface area contributed by atoms with Crippen molar-refractivity contribution in [1.82, 2.24) is 5.32 Å². The van der Waals surface area contributed by atoms with Crippen LogP contribution in [0.15, 0.2) is 18.2 Å². The minimum absolute atomic E-state index is 0.00400. The summed E-state index contributed by atoms with van der Waals surface area (Å²) in [5, 5.41) is 12.3. The fourth-order valence-corrected chi connectivity index (χ4v) is 1.76. The third-order valence-electron chi connectivity index (χ3n) is 2.61. The molecule has 4 N–H and O–H groups in total. The molecule has 1 aromatic carbocycles. The first-order valence-electron chi connectivity index (χ1n) is 6.20. The van der Waals surface area contributed by atoms with Gasteiger partial charge in [-0.2, -0.15) is 0 Å². The van der Waals surface area contributed by atoms with E-state index in [2.05, 4.69) is 5.32 Å². The highest BCUT2D eigenvalue weighted by Gasteiger charge is 2.17. The molecule has 1 rings (SSSR count). The van der Waals surface area contributed by atoms with Gasteiger partial charge in [-0.05, 0) is 30.0 Å². The van der Waals surface area contributed by atoms with Crippen molar-refractivity contribution in [3.05, 3.63) is 29.6 Å². The van der Waals surface area contributed by atoms with Crippen molar-refractivity contribution in [2.45, 2.75) is 33.3 Å². The van der Waals surface area contributed by atoms with Crippen LogP contribution >= 0.6 is 0 Å². The molecule has 0 fully saturated rings. The number of rotatable bonds is 4. The van der Waals surface area contributed by atoms with Crippen LogP contribution < -0.4 is 11.1 Å². The van der Waals surface area contributed by atoms with Gasteiger partial charge in [0.25, 0.3) is 5.91 Å². The van der Waals surface area contributed by atoms with Gasteiger partial charge in [0.05, 0.1) is 11.8 Å². The number of hydrogen-bond acceptors (Lipinski definition) is 3. The highest BCUT2D eigenvalue weighted by atomic mass is 19.1. The molecule has 0 aliphatic heterocycles. The zero-order chi connectivity index (χ0) is 14.6. The first-order valence-corrected chi connectivity index (χ1v) is 6.20. The number of aliphatic hydroxyl groups is 1. The Balaban J connectivity index is 2.53. The van der Waals surface area contributed by atoms with Crippen molar-refractivity contribution in [3.8, 4) is 0 Å². The number of carbonyl (C=O) groups excluding carboxylic acids is 1. The summed E-state index contributed by atoms with van der Waals surface area (Å²) >= 11 is 0. The number of hydrogen-bond donors (Lipinski definition) is 3. The number of aliphatic hydroxyl groups excluding tert-OH is 1. The predicted octanol–water partition coefficient (Wildman–Crippen LogP) is 1.93. The summed E-state index contributed by atoms with van der Waals surface area (Å²) in [6, 6.07) is 3.88. The standard InChI is InChI=1S/C14H21FN2O2/c1-14(2,3)7-10(18)8-17-13(19)9-4-5-12(16)11(15)6-9/h4-6,10,18H,7-8,16H2,1-3H3,(H,17,19). The van der Waals surface area contributed by atoms with Gasteiger partial charge in [-0.1, -0.05) is 20.8 Å². The van der Waals surface area contributed by atoms with E-state index in [1.807, 2.05) is 20.8 Å². The Kier molecular flexibility index (Phi) is 4.89. The van der Waals surface area contributed by atoms with Crippen molar-refractivity contribution in [3.63, 3.8) is 0 Å². The van der Waals surface area contributed by atoms with E-state index in [4.69, 9.17) is 5.73 Å². The molecule has 0 saturated carbocycles. The van der Waals surface area contributed by atoms with Gasteiger partial charge >= 0.3 is 0 Å². The highest BCUT2D eigenvalue weighted by molar-refractivity contribution is 5.94. The van der Waals surface area contributed by atoms with E-state index in [0.29, 0.717) is 6.42 Å². The number of nitrogen functional groups attached to an aromatic ring is 1. The summed E-state index contributed by atoms with van der Waals surface area (Å²) in [6.45, 7) is 6.16. The molecular formula is C14H21FN2O2. The molecule has 1 amide bonds. The van der Waals surface area contributed by atoms with Gasteiger partial charge in [-0.25, -0.2) is 4.39 Å². The molecule has 1 unspecified atom stereocenters. The fourth-order valence-electron chi connectivity index (χ4n) is 1.76. The minimum atomic E-state index is -0.623. The Labute approximate surface area is 112 Å². The molecule has 0 aliphatic rings. The molecule has 1 atom stereocenters. The lowest BCUT2D eigenvalue weighted by atomic mass is 9.89. The van der Waals surface area contributed by atoms with Crippen molar-refractivity contribution < 1.29 is 14.3 Å². The van der Waals surface area contributed by atoms with Crippen LogP contribution in [0.3, 0.4) is 0 Å². The zero-order valence-corrected chi connectivity index (χ0v) is 11.5. The van der Waals surface area contributed by atoms with Crippen molar-refractivity contribution in [1.29, 1.82) is 0 Å². The highest BCUT2D eigenvalue weighted by Crippen LogP contribution is 2.20. The lowest BCUT2D eigenvalue weighted by molar-refractivity contribution is 0.0868. The van der Waals surface area contributed by atoms with Crippen molar-refractivity contribution >= 4 is 11.6 Å². The van der Waals surface area contributed by atoms with Gasteiger partial charge in [-0.3, -0.25) is 4.79 Å². The van der Waals surface area contributed by atoms with E-state index < -0.39 is 17.8 Å². The summed E-state index contributed by atoms with van der Waals surface area (Å²) in [5.41, 5.74) is 5.51. The molecule has 5 heteroatoms. The van der Waals surface area contributed by atoms with E-state index >= 15 is 0 Å². The van der Waals surface area contributed by atoms with E-state index in [0.717, 1.165) is 6.07 Å². The molecule has 0 spiro atoms. The maximum Gasteiger partial charge on any atom is 0.251 e. The van der Waals surface area contributed by atoms with Crippen LogP contribution in [0.25, 0.3) is 0 Å². The number of nitrogens with one attached hydrogen (secondary N) is 1. The molecule has 0 saturated heterocycles. The van der Waals surface area contributed by atoms with Crippen LogP contribution in [0, 0.1) is 11.2 Å². The number of amides is 1. The molecule has 0 aromatic heterocycles. The predicted molar refractivity (Wildman–Crippen MR) is 73.2 cm³/mol. The van der Waals surface area contributed by atoms with Crippen LogP contribution in [-0.4, -0.2) is 23.7 Å². The Morgan fingerprint density at radius 2 is 2.11 bits per heavy atom. The molecule has 106 valence electrons. The number of nitrogens with two attached hydrogens (primary N) is 1. The average molecular weight is 268 g/mol. The first-order chi connectivity index (χ1) is 8.69. The fraction of sp³-hybridized carbons (Fsp3) is 0.500. The van der Waals surface area contributed by atoms with Crippen LogP contribution in [0.2, 0.25) is 0 Å². The van der Waals surface area contributed by atoms with E-state index in [1.165, 1.54) is 12.1 Å². The van der Waals surface area contributed by atoms with Crippen LogP contribution in [0.5, 0.6) is 0 Å². The molecule has 0 aliphatic carbocycles. The van der Waals surface area contributed by atoms with Crippen LogP contribution in [0.4, 0.5) is 10.1 Å². The summed E-state index contributed by atoms with van der Waals surface area (Å²) in [6.07, 6.45) is -0.0498. The SMILES string of the molecule is CC(C)(C)CC(O)CNC(=O)c1ccc(N)c(F)c1. The van der Waals surface area contributed by atoms with Crippen molar-refractivity contribution in [2.75, 3.05) is 12.3 Å². The second-order valence-electron chi connectivity index (χ2n) is 5.86. The summed E-state index contributed by atoms with van der Waals surface area (Å²) < 4.78 is 13.2. The van der Waals surface area contributed by atoms with Gasteiger partial charge in [0.15, 0.2) is 0 Å². The Bertz CT molecular complexity index is 455. The smallest absolute Gasteiger partial charge is 0.251 e. The van der Waals surface area contributed by atoms with Gasteiger partial charge in [0.1, 0.15) is 5.82 Å². The minimum Gasteiger partial charge on any atom is -0.396 e. The number of halogens is 1. The van der Waals surface area contributed by atoms with Gasteiger partial charge in [0.2, 0.25) is 0 Å². The Hall–Kier alpha value is -1.62. The van der Waals surface area contributed by atoms with Crippen LogP contribution in [0.1, 0.15) is 37.6 Å². The summed E-state index contributed by atoms with van der Waals surface area (Å²) in [7, 11) is 0. The molecule has 4 nitrogen and oxygen atoms in total. The topological polar surface area (TPSA) is 75.3 Å². The zero-order valence-electron chi connectivity index (χ0n) is 11.5. The number of carbonyl (C=O) groups is 1. The summed E-state index contributed by atoms with van der Waals surface area (Å²) in [4.78, 5) is 11.7. The van der Waals surface area contributed by atoms with Gasteiger partial charge in [-0.15, -0.1) is 0 Å². The Morgan fingerprint density at radius 3 is 2.63 bits per heavy atom. The largest absolute Gasteiger partial charge is 0.396 e. The molecule has 0 heterocycles. The third-order valence-corrected chi connectivity index (χ3v) is 2.61. The Morgan fingerprint density at radius 1 is 1.47 bits per heavy atom. The third kappa shape index (κ3) is 5.26. The maximum absolute atomic E-state index is 13.2. The molecule has 1 aromatic rings. The normalized spacial score (nSPS) is 13.1. The second kappa shape index (κ2) is 6.02. The average Bonchev–Trinajstić information content (AvgIpc) is 2.27. The summed E-state index contributed by atoms with van der Waals surface area (Å²) in [5.74, 6) is -1.05. The van der Waals surface area contributed by atoms with E-state index in [-0.39, 0.29) is 23.2 Å². The number of benzene rings is 1. The van der Waals surface area contributed by atoms with E-state index in [1.54, 1.807) is 0 Å². The monoisotopic (exact) mass is 268 g/mol. The molecule has 0 bridgehead atoms. The maximum atomic E-state index is 13.2. The van der Waals surface area contributed by atoms with Crippen molar-refractivity contribution in [2.24, 2.45) is 5.41 Å². The van der Waals surface area contributed by atoms with Gasteiger partial charge in [0, 0.05) is 12.1 Å². The number of anilines is 1. The lowest BCUT2D eigenvalue weighted by Crippen LogP contribution is -2.34. The lowest BCUT2D eigenvalue weighted by Gasteiger charge is -2.22. The van der Waals surface area contributed by atoms with Crippen LogP contribution in [-0.2, 0) is 0 Å². The van der Waals surface area contributed by atoms with Gasteiger partial charge < -0.3 is 16.2 Å². The molecule has 19 heavy (non-hydrogen) atoms. The molecular weight excluding hydrogens is 247 g/mol. The quantitative estimate of drug-likeness (QED) is 0.730. The first kappa shape index (κ1) is 15.4. The second-order valence-corrected chi connectivity index (χ2v) is 5.86. The molecule has 0 radical (unpaired) electrons.